The van der Waals surface area contributed by atoms with Crippen LogP contribution in [0.25, 0.3) is 0 Å². The highest BCUT2D eigenvalue weighted by Gasteiger charge is 2.21. The maximum atomic E-state index is 11.9. The molecule has 0 radical (unpaired) electrons. The summed E-state index contributed by atoms with van der Waals surface area (Å²) in [7, 11) is 0. The van der Waals surface area contributed by atoms with Crippen molar-refractivity contribution in [3.8, 4) is 0 Å². The molecule has 4 heteroatoms. The number of piperidine rings is 1. The van der Waals surface area contributed by atoms with Crippen LogP contribution in [0, 0.1) is 11.3 Å². The molecular formula is C17H28N2OS. The first-order valence-electron chi connectivity index (χ1n) is 7.94. The van der Waals surface area contributed by atoms with Gasteiger partial charge in [0.15, 0.2) is 0 Å². The highest BCUT2D eigenvalue weighted by atomic mass is 32.1. The number of likely N-dealkylation sites (tertiary alicyclic amines) is 1. The molecule has 1 aromatic heterocycles. The minimum absolute atomic E-state index is 0.0775. The minimum atomic E-state index is 0.0775. The fraction of sp³-hybridized carbons (Fsp3) is 0.706. The van der Waals surface area contributed by atoms with E-state index in [0.29, 0.717) is 12.3 Å². The molecule has 3 nitrogen and oxygen atoms in total. The Morgan fingerprint density at radius 2 is 2.10 bits per heavy atom. The van der Waals surface area contributed by atoms with Gasteiger partial charge in [-0.3, -0.25) is 9.69 Å². The number of carbonyl (C=O) groups excluding carboxylic acids is 1. The number of amides is 1. The third-order valence-electron chi connectivity index (χ3n) is 3.95. The lowest BCUT2D eigenvalue weighted by Crippen LogP contribution is -2.38. The van der Waals surface area contributed by atoms with E-state index < -0.39 is 0 Å². The van der Waals surface area contributed by atoms with E-state index >= 15 is 0 Å². The Kier molecular flexibility index (Phi) is 5.82. The van der Waals surface area contributed by atoms with Gasteiger partial charge in [0.2, 0.25) is 5.91 Å². The van der Waals surface area contributed by atoms with E-state index in [-0.39, 0.29) is 11.3 Å². The van der Waals surface area contributed by atoms with Crippen LogP contribution in [0.2, 0.25) is 0 Å². The lowest BCUT2D eigenvalue weighted by molar-refractivity contribution is -0.123. The smallest absolute Gasteiger partial charge is 0.220 e. The molecule has 2 heterocycles. The first-order chi connectivity index (χ1) is 9.92. The highest BCUT2D eigenvalue weighted by molar-refractivity contribution is 7.09. The molecule has 1 aromatic rings. The normalized spacial score (nSPS) is 17.9. The Bertz CT molecular complexity index is 428. The van der Waals surface area contributed by atoms with Crippen LogP contribution in [-0.4, -0.2) is 30.4 Å². The number of nitrogens with one attached hydrogen (secondary N) is 1. The van der Waals surface area contributed by atoms with Crippen molar-refractivity contribution < 1.29 is 4.79 Å². The zero-order chi connectivity index (χ0) is 15.3. The molecule has 0 bridgehead atoms. The third-order valence-corrected chi connectivity index (χ3v) is 4.81. The molecule has 0 unspecified atom stereocenters. The van der Waals surface area contributed by atoms with Crippen molar-refractivity contribution in [2.24, 2.45) is 11.3 Å². The van der Waals surface area contributed by atoms with Crippen LogP contribution in [-0.2, 0) is 11.3 Å². The van der Waals surface area contributed by atoms with Crippen LogP contribution in [0.3, 0.4) is 0 Å². The van der Waals surface area contributed by atoms with E-state index in [1.807, 2.05) is 11.3 Å². The Hall–Kier alpha value is -0.870. The molecular weight excluding hydrogens is 280 g/mol. The van der Waals surface area contributed by atoms with Crippen molar-refractivity contribution in [1.29, 1.82) is 0 Å². The molecule has 118 valence electrons. The van der Waals surface area contributed by atoms with Crippen molar-refractivity contribution in [1.82, 2.24) is 10.2 Å². The fourth-order valence-corrected chi connectivity index (χ4v) is 3.52. The van der Waals surface area contributed by atoms with Gasteiger partial charge in [-0.1, -0.05) is 26.8 Å². The van der Waals surface area contributed by atoms with Crippen LogP contribution in [0.5, 0.6) is 0 Å². The lowest BCUT2D eigenvalue weighted by Gasteiger charge is -2.31. The molecule has 0 saturated carbocycles. The summed E-state index contributed by atoms with van der Waals surface area (Å²) in [6.07, 6.45) is 3.01. The number of nitrogens with zero attached hydrogens (tertiary/aromatic N) is 1. The van der Waals surface area contributed by atoms with E-state index in [9.17, 15) is 4.79 Å². The van der Waals surface area contributed by atoms with Crippen molar-refractivity contribution in [2.45, 2.75) is 46.6 Å². The van der Waals surface area contributed by atoms with Gasteiger partial charge >= 0.3 is 0 Å². The number of thiophene rings is 1. The molecule has 2 rings (SSSR count). The SMILES string of the molecule is CC(C)(C)CC(=O)NCC1CCN(Cc2cccs2)CC1. The van der Waals surface area contributed by atoms with Crippen molar-refractivity contribution in [3.63, 3.8) is 0 Å². The number of carbonyl (C=O) groups is 1. The number of hydrogen-bond acceptors (Lipinski definition) is 3. The van der Waals surface area contributed by atoms with Crippen LogP contribution in [0.15, 0.2) is 17.5 Å². The Labute approximate surface area is 132 Å². The topological polar surface area (TPSA) is 32.3 Å². The summed E-state index contributed by atoms with van der Waals surface area (Å²) in [4.78, 5) is 15.8. The summed E-state index contributed by atoms with van der Waals surface area (Å²) in [6, 6.07) is 4.33. The van der Waals surface area contributed by atoms with Gasteiger partial charge in [0.1, 0.15) is 0 Å². The van der Waals surface area contributed by atoms with E-state index in [0.717, 1.165) is 26.2 Å². The zero-order valence-electron chi connectivity index (χ0n) is 13.5. The Balaban J connectivity index is 1.64. The monoisotopic (exact) mass is 308 g/mol. The summed E-state index contributed by atoms with van der Waals surface area (Å²) in [5, 5.41) is 5.26. The lowest BCUT2D eigenvalue weighted by atomic mass is 9.91. The molecule has 0 aliphatic carbocycles. The van der Waals surface area contributed by atoms with Gasteiger partial charge in [0.25, 0.3) is 0 Å². The van der Waals surface area contributed by atoms with Gasteiger partial charge in [-0.15, -0.1) is 11.3 Å². The van der Waals surface area contributed by atoms with Gasteiger partial charge in [-0.25, -0.2) is 0 Å². The van der Waals surface area contributed by atoms with Crippen molar-refractivity contribution in [2.75, 3.05) is 19.6 Å². The zero-order valence-corrected chi connectivity index (χ0v) is 14.3. The van der Waals surface area contributed by atoms with Crippen LogP contribution < -0.4 is 5.32 Å². The van der Waals surface area contributed by atoms with Gasteiger partial charge in [0, 0.05) is 24.4 Å². The summed E-state index contributed by atoms with van der Waals surface area (Å²) in [5.41, 5.74) is 0.0775. The summed E-state index contributed by atoms with van der Waals surface area (Å²) in [6.45, 7) is 10.6. The maximum absolute atomic E-state index is 11.9. The van der Waals surface area contributed by atoms with Gasteiger partial charge in [-0.05, 0) is 48.7 Å². The third kappa shape index (κ3) is 6.18. The average Bonchev–Trinajstić information content (AvgIpc) is 2.89. The standard InChI is InChI=1S/C17H28N2OS/c1-17(2,3)11-16(20)18-12-14-6-8-19(9-7-14)13-15-5-4-10-21-15/h4-5,10,14H,6-9,11-13H2,1-3H3,(H,18,20). The van der Waals surface area contributed by atoms with E-state index in [2.05, 4.69) is 48.5 Å². The molecule has 0 aromatic carbocycles. The van der Waals surface area contributed by atoms with E-state index in [1.165, 1.54) is 17.7 Å². The molecule has 1 aliphatic rings. The molecule has 1 amide bonds. The molecule has 0 atom stereocenters. The van der Waals surface area contributed by atoms with Gasteiger partial charge in [-0.2, -0.15) is 0 Å². The molecule has 1 N–H and O–H groups in total. The van der Waals surface area contributed by atoms with E-state index in [1.54, 1.807) is 0 Å². The molecule has 1 fully saturated rings. The maximum Gasteiger partial charge on any atom is 0.220 e. The minimum Gasteiger partial charge on any atom is -0.356 e. The van der Waals surface area contributed by atoms with E-state index in [4.69, 9.17) is 0 Å². The first-order valence-corrected chi connectivity index (χ1v) is 8.82. The fourth-order valence-electron chi connectivity index (χ4n) is 2.77. The quantitative estimate of drug-likeness (QED) is 0.903. The van der Waals surface area contributed by atoms with Crippen LogP contribution in [0.4, 0.5) is 0 Å². The Morgan fingerprint density at radius 3 is 2.67 bits per heavy atom. The van der Waals surface area contributed by atoms with Crippen LogP contribution in [0.1, 0.15) is 44.9 Å². The highest BCUT2D eigenvalue weighted by Crippen LogP contribution is 2.21. The Morgan fingerprint density at radius 1 is 1.38 bits per heavy atom. The molecule has 0 spiro atoms. The molecule has 21 heavy (non-hydrogen) atoms. The van der Waals surface area contributed by atoms with Crippen molar-refractivity contribution >= 4 is 17.2 Å². The second kappa shape index (κ2) is 7.41. The largest absolute Gasteiger partial charge is 0.356 e. The second-order valence-electron chi connectivity index (χ2n) is 7.34. The van der Waals surface area contributed by atoms with Gasteiger partial charge < -0.3 is 5.32 Å². The second-order valence-corrected chi connectivity index (χ2v) is 8.37. The van der Waals surface area contributed by atoms with Gasteiger partial charge in [0.05, 0.1) is 0 Å². The molecule has 1 aliphatic heterocycles. The predicted octanol–water partition coefficient (Wildman–Crippen LogP) is 3.51. The summed E-state index contributed by atoms with van der Waals surface area (Å²) < 4.78 is 0. The molecule has 1 saturated heterocycles. The number of hydrogen-bond donors (Lipinski definition) is 1. The van der Waals surface area contributed by atoms with Crippen LogP contribution >= 0.6 is 11.3 Å². The first kappa shape index (κ1) is 16.5. The predicted molar refractivity (Wildman–Crippen MR) is 89.4 cm³/mol. The number of rotatable bonds is 5. The van der Waals surface area contributed by atoms with Crippen molar-refractivity contribution in [3.05, 3.63) is 22.4 Å². The summed E-state index contributed by atoms with van der Waals surface area (Å²) in [5.74, 6) is 0.844. The average molecular weight is 308 g/mol. The summed E-state index contributed by atoms with van der Waals surface area (Å²) >= 11 is 1.84.